The highest BCUT2D eigenvalue weighted by atomic mass is 16.5. The van der Waals surface area contributed by atoms with Gasteiger partial charge in [-0.2, -0.15) is 0 Å². The van der Waals surface area contributed by atoms with Gasteiger partial charge >= 0.3 is 6.09 Å². The molecular formula is C31H45N3O7. The molecule has 0 bridgehead atoms. The van der Waals surface area contributed by atoms with Gasteiger partial charge in [-0.05, 0) is 37.2 Å². The van der Waals surface area contributed by atoms with Crippen LogP contribution in [-0.4, -0.2) is 68.4 Å². The number of hydrogen-bond donors (Lipinski definition) is 4. The quantitative estimate of drug-likeness (QED) is 0.186. The molecule has 1 saturated heterocycles. The fraction of sp³-hybridized carbons (Fsp3) is 0.645. The zero-order valence-corrected chi connectivity index (χ0v) is 24.1. The van der Waals surface area contributed by atoms with Crippen LogP contribution in [0, 0.1) is 11.8 Å². The Morgan fingerprint density at radius 1 is 1.05 bits per heavy atom. The van der Waals surface area contributed by atoms with Crippen LogP contribution in [-0.2, 0) is 9.47 Å². The number of hydrogen-bond acceptors (Lipinski definition) is 8. The lowest BCUT2D eigenvalue weighted by Gasteiger charge is -2.40. The van der Waals surface area contributed by atoms with Gasteiger partial charge in [0.25, 0.3) is 10.9 Å². The summed E-state index contributed by atoms with van der Waals surface area (Å²) in [6.07, 6.45) is 6.27. The minimum atomic E-state index is -1.22. The molecule has 2 unspecified atom stereocenters. The SMILES string of the molecule is COCCCOC(c1ccccc1)C1CCCN(c2c(N[C@@H](CC3CCCCC3)[C@H](O)CNC(=O)O)c(=O)c2=O)C1. The third-order valence-corrected chi connectivity index (χ3v) is 8.57. The van der Waals surface area contributed by atoms with Gasteiger partial charge in [0.05, 0.1) is 18.2 Å². The fourth-order valence-corrected chi connectivity index (χ4v) is 6.45. The Hall–Kier alpha value is -2.95. The number of nitrogens with zero attached hydrogens (tertiary/aromatic N) is 1. The molecular weight excluding hydrogens is 526 g/mol. The van der Waals surface area contributed by atoms with Crippen molar-refractivity contribution in [3.8, 4) is 0 Å². The highest BCUT2D eigenvalue weighted by molar-refractivity contribution is 5.75. The zero-order chi connectivity index (χ0) is 29.2. The average Bonchev–Trinajstić information content (AvgIpc) is 3.00. The molecule has 4 rings (SSSR count). The predicted molar refractivity (Wildman–Crippen MR) is 159 cm³/mol. The van der Waals surface area contributed by atoms with Crippen molar-refractivity contribution >= 4 is 17.5 Å². The molecule has 4 atom stereocenters. The molecule has 2 aliphatic rings. The molecule has 10 nitrogen and oxygen atoms in total. The first kappa shape index (κ1) is 31.0. The largest absolute Gasteiger partial charge is 0.465 e. The van der Waals surface area contributed by atoms with Crippen LogP contribution in [0.5, 0.6) is 0 Å². The van der Waals surface area contributed by atoms with E-state index < -0.39 is 29.1 Å². The standard InChI is InChI=1S/C31H45N3O7/c1-40-16-9-17-41-30(22-12-6-3-7-13-22)23-14-8-15-34(20-23)27-26(28(36)29(27)37)33-24(25(35)19-32-31(38)39)18-21-10-4-2-5-11-21/h3,6-7,12-13,21,23-25,30,32-33,35H,2,4-5,8-11,14-20H2,1H3,(H,38,39)/t23?,24-,25+,30?/m0/s1. The molecule has 1 amide bonds. The number of aliphatic hydroxyl groups excluding tert-OH is 1. The Morgan fingerprint density at radius 2 is 1.80 bits per heavy atom. The van der Waals surface area contributed by atoms with Crippen LogP contribution in [0.4, 0.5) is 16.2 Å². The van der Waals surface area contributed by atoms with Crippen molar-refractivity contribution in [3.05, 3.63) is 56.3 Å². The number of amides is 1. The zero-order valence-electron chi connectivity index (χ0n) is 24.1. The van der Waals surface area contributed by atoms with Crippen LogP contribution < -0.4 is 26.4 Å². The van der Waals surface area contributed by atoms with E-state index in [1.165, 1.54) is 6.42 Å². The van der Waals surface area contributed by atoms with Gasteiger partial charge < -0.3 is 35.2 Å². The van der Waals surface area contributed by atoms with Crippen LogP contribution in [0.1, 0.15) is 69.5 Å². The van der Waals surface area contributed by atoms with Crippen molar-refractivity contribution < 1.29 is 24.5 Å². The van der Waals surface area contributed by atoms with E-state index in [1.54, 1.807) is 7.11 Å². The number of benzene rings is 1. The lowest BCUT2D eigenvalue weighted by molar-refractivity contribution is -0.00235. The molecule has 226 valence electrons. The van der Waals surface area contributed by atoms with Crippen LogP contribution in [0.3, 0.4) is 0 Å². The summed E-state index contributed by atoms with van der Waals surface area (Å²) in [5, 5.41) is 25.4. The molecule has 1 heterocycles. The number of ether oxygens (including phenoxy) is 2. The molecule has 0 aromatic heterocycles. The first-order valence-corrected chi connectivity index (χ1v) is 15.0. The molecule has 0 spiro atoms. The van der Waals surface area contributed by atoms with Crippen molar-refractivity contribution in [1.29, 1.82) is 0 Å². The van der Waals surface area contributed by atoms with E-state index in [9.17, 15) is 19.5 Å². The van der Waals surface area contributed by atoms with E-state index >= 15 is 0 Å². The summed E-state index contributed by atoms with van der Waals surface area (Å²) in [7, 11) is 1.67. The van der Waals surface area contributed by atoms with E-state index in [2.05, 4.69) is 22.8 Å². The fourth-order valence-electron chi connectivity index (χ4n) is 6.45. The van der Waals surface area contributed by atoms with Crippen LogP contribution >= 0.6 is 0 Å². The molecule has 1 aliphatic carbocycles. The van der Waals surface area contributed by atoms with Crippen molar-refractivity contribution in [1.82, 2.24) is 5.32 Å². The summed E-state index contributed by atoms with van der Waals surface area (Å²) >= 11 is 0. The molecule has 0 radical (unpaired) electrons. The monoisotopic (exact) mass is 571 g/mol. The Bertz CT molecular complexity index is 1160. The smallest absolute Gasteiger partial charge is 0.404 e. The third-order valence-electron chi connectivity index (χ3n) is 8.57. The van der Waals surface area contributed by atoms with Gasteiger partial charge in [0.2, 0.25) is 0 Å². The molecule has 1 aliphatic heterocycles. The summed E-state index contributed by atoms with van der Waals surface area (Å²) in [5.74, 6) is 0.492. The highest BCUT2D eigenvalue weighted by Crippen LogP contribution is 2.36. The molecule has 2 fully saturated rings. The lowest BCUT2D eigenvalue weighted by Crippen LogP contribution is -2.50. The van der Waals surface area contributed by atoms with E-state index in [4.69, 9.17) is 14.6 Å². The topological polar surface area (TPSA) is 137 Å². The predicted octanol–water partition coefficient (Wildman–Crippen LogP) is 3.67. The second kappa shape index (κ2) is 15.3. The van der Waals surface area contributed by atoms with Gasteiger partial charge in [-0.1, -0.05) is 62.4 Å². The van der Waals surface area contributed by atoms with Gasteiger partial charge in [0.15, 0.2) is 0 Å². The number of nitrogens with one attached hydrogen (secondary N) is 2. The average molecular weight is 572 g/mol. The van der Waals surface area contributed by atoms with E-state index in [1.807, 2.05) is 23.1 Å². The Labute approximate surface area is 241 Å². The summed E-state index contributed by atoms with van der Waals surface area (Å²) in [5.41, 5.74) is 0.604. The molecule has 10 heteroatoms. The van der Waals surface area contributed by atoms with E-state index in [0.29, 0.717) is 44.3 Å². The first-order valence-electron chi connectivity index (χ1n) is 15.0. The number of methoxy groups -OCH3 is 1. The molecule has 4 N–H and O–H groups in total. The normalized spacial score (nSPS) is 20.4. The number of anilines is 2. The van der Waals surface area contributed by atoms with Gasteiger partial charge in [-0.25, -0.2) is 4.79 Å². The number of rotatable bonds is 15. The molecule has 1 saturated carbocycles. The van der Waals surface area contributed by atoms with E-state index in [0.717, 1.165) is 50.5 Å². The Balaban J connectivity index is 1.51. The number of carboxylic acid groups (broad SMARTS) is 1. The second-order valence-corrected chi connectivity index (χ2v) is 11.5. The maximum absolute atomic E-state index is 12.9. The first-order chi connectivity index (χ1) is 19.9. The van der Waals surface area contributed by atoms with Crippen LogP contribution in [0.2, 0.25) is 0 Å². The van der Waals surface area contributed by atoms with Crippen LogP contribution in [0.25, 0.3) is 0 Å². The maximum Gasteiger partial charge on any atom is 0.404 e. The Kier molecular flexibility index (Phi) is 11.6. The van der Waals surface area contributed by atoms with Crippen molar-refractivity contribution in [2.45, 2.75) is 76.0 Å². The van der Waals surface area contributed by atoms with Crippen molar-refractivity contribution in [3.63, 3.8) is 0 Å². The summed E-state index contributed by atoms with van der Waals surface area (Å²) < 4.78 is 11.6. The Morgan fingerprint density at radius 3 is 2.51 bits per heavy atom. The summed E-state index contributed by atoms with van der Waals surface area (Å²) in [6, 6.07) is 9.55. The van der Waals surface area contributed by atoms with Gasteiger partial charge in [0, 0.05) is 45.9 Å². The second-order valence-electron chi connectivity index (χ2n) is 11.5. The maximum atomic E-state index is 12.9. The lowest BCUT2D eigenvalue weighted by atomic mass is 9.83. The van der Waals surface area contributed by atoms with Gasteiger partial charge in [0.1, 0.15) is 11.4 Å². The minimum absolute atomic E-state index is 0.120. The van der Waals surface area contributed by atoms with Crippen molar-refractivity contribution in [2.24, 2.45) is 11.8 Å². The number of piperidine rings is 1. The highest BCUT2D eigenvalue weighted by Gasteiger charge is 2.35. The molecule has 2 aromatic rings. The number of aliphatic hydroxyl groups is 1. The van der Waals surface area contributed by atoms with Gasteiger partial charge in [-0.3, -0.25) is 9.59 Å². The third kappa shape index (κ3) is 8.30. The van der Waals surface area contributed by atoms with E-state index in [-0.39, 0.29) is 24.3 Å². The number of carbonyl (C=O) groups is 1. The van der Waals surface area contributed by atoms with Crippen LogP contribution in [0.15, 0.2) is 39.9 Å². The summed E-state index contributed by atoms with van der Waals surface area (Å²) in [6.45, 7) is 2.24. The van der Waals surface area contributed by atoms with Crippen molar-refractivity contribution in [2.75, 3.05) is 50.2 Å². The van der Waals surface area contributed by atoms with Gasteiger partial charge in [-0.15, -0.1) is 0 Å². The summed E-state index contributed by atoms with van der Waals surface area (Å²) in [4.78, 5) is 38.8. The molecule has 2 aromatic carbocycles. The molecule has 41 heavy (non-hydrogen) atoms. The minimum Gasteiger partial charge on any atom is -0.465 e.